The van der Waals surface area contributed by atoms with E-state index in [0.717, 1.165) is 0 Å². The van der Waals surface area contributed by atoms with Gasteiger partial charge < -0.3 is 0 Å². The van der Waals surface area contributed by atoms with Crippen molar-refractivity contribution in [3.05, 3.63) is 0 Å². The van der Waals surface area contributed by atoms with Gasteiger partial charge in [-0.1, -0.05) is 52.8 Å². The summed E-state index contributed by atoms with van der Waals surface area (Å²) < 4.78 is 0. The normalized spacial score (nSPS) is 7.91. The summed E-state index contributed by atoms with van der Waals surface area (Å²) in [6.07, 6.45) is 6.88. The smallest absolute Gasteiger partial charge is 0.0776 e. The molecule has 0 bridgehead atoms. The van der Waals surface area contributed by atoms with Gasteiger partial charge in [-0.05, 0) is 0 Å². The van der Waals surface area contributed by atoms with Gasteiger partial charge in [-0.15, -0.1) is 0 Å². The summed E-state index contributed by atoms with van der Waals surface area (Å²) in [6, 6.07) is 0. The Hall–Kier alpha value is 0.195. The van der Waals surface area contributed by atoms with Crippen LogP contribution in [-0.2, 0) is 0 Å². The summed E-state index contributed by atoms with van der Waals surface area (Å²) >= 11 is 0. The molecule has 0 aliphatic heterocycles. The highest BCUT2D eigenvalue weighted by Gasteiger charge is 1.76. The molecule has 0 heterocycles. The Morgan fingerprint density at radius 2 is 1.45 bits per heavy atom. The van der Waals surface area contributed by atoms with Crippen molar-refractivity contribution in [2.75, 3.05) is 0 Å². The van der Waals surface area contributed by atoms with Gasteiger partial charge in [0.05, 0.1) is 22.0 Å². The fourth-order valence-electron chi connectivity index (χ4n) is 0.854. The van der Waals surface area contributed by atoms with E-state index in [2.05, 4.69) is 28.5 Å². The van der Waals surface area contributed by atoms with Crippen molar-refractivity contribution in [1.29, 1.82) is 0 Å². The zero-order chi connectivity index (χ0) is 8.95. The van der Waals surface area contributed by atoms with Gasteiger partial charge in [0.1, 0.15) is 0 Å². The molecule has 0 aromatic heterocycles. The van der Waals surface area contributed by atoms with Gasteiger partial charge in [-0.2, -0.15) is 0 Å². The Morgan fingerprint density at radius 3 is 1.55 bits per heavy atom. The molecule has 0 spiro atoms. The quantitative estimate of drug-likeness (QED) is 0.411. The van der Waals surface area contributed by atoms with Crippen LogP contribution in [-0.4, -0.2) is 22.0 Å². The van der Waals surface area contributed by atoms with E-state index >= 15 is 0 Å². The summed E-state index contributed by atoms with van der Waals surface area (Å²) in [5.41, 5.74) is 0. The molecule has 0 aliphatic rings. The van der Waals surface area contributed by atoms with Gasteiger partial charge in [-0.3, -0.25) is 0 Å². The standard InChI is InChI=1S/C6H14.C2H9B3/c1-3-5-6-4-2;1-2-4-5-3/h3-6H2,1-2H3;4-5H,2-3H2,1H3. The van der Waals surface area contributed by atoms with Crippen molar-refractivity contribution in [3.8, 4) is 0 Å². The molecule has 0 aromatic carbocycles. The molecule has 64 valence electrons. The molecular weight excluding hydrogens is 129 g/mol. The van der Waals surface area contributed by atoms with Crippen LogP contribution in [0.2, 0.25) is 6.32 Å². The van der Waals surface area contributed by atoms with Crippen LogP contribution in [0.5, 0.6) is 0 Å². The highest BCUT2D eigenvalue weighted by Crippen LogP contribution is 1.95. The Morgan fingerprint density at radius 1 is 1.00 bits per heavy atom. The third-order valence-electron chi connectivity index (χ3n) is 1.66. The van der Waals surface area contributed by atoms with Gasteiger partial charge in [0.15, 0.2) is 0 Å². The molecule has 11 heavy (non-hydrogen) atoms. The lowest BCUT2D eigenvalue weighted by Gasteiger charge is -1.86. The van der Waals surface area contributed by atoms with E-state index < -0.39 is 0 Å². The van der Waals surface area contributed by atoms with Crippen LogP contribution >= 0.6 is 0 Å². The zero-order valence-corrected chi connectivity index (χ0v) is 8.95. The highest BCUT2D eigenvalue weighted by molar-refractivity contribution is 7.23. The second-order valence-corrected chi connectivity index (χ2v) is 3.06. The van der Waals surface area contributed by atoms with Crippen molar-refractivity contribution in [3.63, 3.8) is 0 Å². The van der Waals surface area contributed by atoms with Gasteiger partial charge in [0, 0.05) is 0 Å². The lowest BCUT2D eigenvalue weighted by molar-refractivity contribution is 0.702. The minimum absolute atomic E-state index is 1.34. The summed E-state index contributed by atoms with van der Waals surface area (Å²) in [5, 5.41) is 0. The first kappa shape index (κ1) is 13.8. The molecule has 0 nitrogen and oxygen atoms in total. The fourth-order valence-corrected chi connectivity index (χ4v) is 0.854. The van der Waals surface area contributed by atoms with E-state index in [1.165, 1.54) is 46.2 Å². The Balaban J connectivity index is 0. The lowest BCUT2D eigenvalue weighted by Crippen LogP contribution is -1.98. The Bertz CT molecular complexity index is 42.6. The fraction of sp³-hybridized carbons (Fsp3) is 1.00. The van der Waals surface area contributed by atoms with E-state index in [1.54, 1.807) is 0 Å². The SMILES string of the molecule is BBBCC.CCCCCC. The molecule has 0 saturated heterocycles. The van der Waals surface area contributed by atoms with Crippen molar-refractivity contribution >= 4 is 22.0 Å². The minimum Gasteiger partial charge on any atom is -0.0881 e. The second-order valence-electron chi connectivity index (χ2n) is 3.06. The van der Waals surface area contributed by atoms with Crippen LogP contribution in [0.15, 0.2) is 0 Å². The number of hydrogen-bond acceptors (Lipinski definition) is 0. The van der Waals surface area contributed by atoms with Crippen LogP contribution in [0, 0.1) is 0 Å². The molecule has 0 aliphatic carbocycles. The average Bonchev–Trinajstić information content (AvgIpc) is 2.04. The molecule has 0 saturated carbocycles. The molecule has 3 heteroatoms. The largest absolute Gasteiger partial charge is 0.0881 e. The first-order valence-corrected chi connectivity index (χ1v) is 5.33. The van der Waals surface area contributed by atoms with E-state index in [1.807, 2.05) is 0 Å². The van der Waals surface area contributed by atoms with Crippen LogP contribution in [0.1, 0.15) is 46.5 Å². The number of rotatable bonds is 5. The first-order chi connectivity index (χ1) is 5.33. The average molecular weight is 152 g/mol. The van der Waals surface area contributed by atoms with Crippen molar-refractivity contribution in [2.24, 2.45) is 0 Å². The number of unbranched alkanes of at least 4 members (excludes halogenated alkanes) is 3. The molecule has 0 atom stereocenters. The maximum absolute atomic E-state index is 2.23. The van der Waals surface area contributed by atoms with Crippen LogP contribution in [0.4, 0.5) is 0 Å². The predicted octanol–water partition coefficient (Wildman–Crippen LogP) is 1.35. The molecule has 0 rings (SSSR count). The lowest BCUT2D eigenvalue weighted by atomic mass is 9.27. The molecule has 0 N–H and O–H groups in total. The third-order valence-corrected chi connectivity index (χ3v) is 1.66. The predicted molar refractivity (Wildman–Crippen MR) is 63.1 cm³/mol. The topological polar surface area (TPSA) is 0 Å². The maximum atomic E-state index is 2.23. The molecule has 0 aromatic rings. The van der Waals surface area contributed by atoms with Crippen molar-refractivity contribution < 1.29 is 0 Å². The molecule has 0 unspecified atom stereocenters. The van der Waals surface area contributed by atoms with E-state index in [0.29, 0.717) is 0 Å². The maximum Gasteiger partial charge on any atom is 0.0776 e. The van der Waals surface area contributed by atoms with Crippen LogP contribution < -0.4 is 0 Å². The van der Waals surface area contributed by atoms with E-state index in [-0.39, 0.29) is 0 Å². The van der Waals surface area contributed by atoms with E-state index in [4.69, 9.17) is 0 Å². The monoisotopic (exact) mass is 152 g/mol. The Labute approximate surface area is 75.4 Å². The summed E-state index contributed by atoms with van der Waals surface area (Å²) in [5.74, 6) is 0. The minimum atomic E-state index is 1.34. The summed E-state index contributed by atoms with van der Waals surface area (Å²) in [6.45, 7) is 6.68. The van der Waals surface area contributed by atoms with Crippen LogP contribution in [0.3, 0.4) is 0 Å². The second kappa shape index (κ2) is 16.7. The molecular formula is C8H23B3. The van der Waals surface area contributed by atoms with Crippen molar-refractivity contribution in [1.82, 2.24) is 0 Å². The number of hydrogen-bond donors (Lipinski definition) is 0. The van der Waals surface area contributed by atoms with Crippen molar-refractivity contribution in [2.45, 2.75) is 52.8 Å². The zero-order valence-electron chi connectivity index (χ0n) is 8.95. The third kappa shape index (κ3) is 25.4. The van der Waals surface area contributed by atoms with E-state index in [9.17, 15) is 0 Å². The molecule has 0 amide bonds. The highest BCUT2D eigenvalue weighted by atomic mass is 13.8. The Kier molecular flexibility index (Phi) is 20.8. The van der Waals surface area contributed by atoms with Gasteiger partial charge in [-0.25, -0.2) is 0 Å². The molecule has 0 radical (unpaired) electrons. The van der Waals surface area contributed by atoms with Gasteiger partial charge in [0.2, 0.25) is 0 Å². The summed E-state index contributed by atoms with van der Waals surface area (Å²) in [4.78, 5) is 0. The van der Waals surface area contributed by atoms with Gasteiger partial charge >= 0.3 is 0 Å². The first-order valence-electron chi connectivity index (χ1n) is 5.33. The van der Waals surface area contributed by atoms with Gasteiger partial charge in [0.25, 0.3) is 0 Å². The van der Waals surface area contributed by atoms with Crippen LogP contribution in [0.25, 0.3) is 0 Å². The summed E-state index contributed by atoms with van der Waals surface area (Å²) in [7, 11) is 4.94. The molecule has 0 fully saturated rings.